The second-order valence-corrected chi connectivity index (χ2v) is 11.3. The van der Waals surface area contributed by atoms with Crippen LogP contribution in [0, 0.1) is 20.8 Å². The van der Waals surface area contributed by atoms with E-state index >= 15 is 0 Å². The lowest BCUT2D eigenvalue weighted by molar-refractivity contribution is -0.0347. The van der Waals surface area contributed by atoms with Crippen LogP contribution in [0.2, 0.25) is 0 Å². The van der Waals surface area contributed by atoms with E-state index in [2.05, 4.69) is 58.7 Å². The molecule has 7 heteroatoms. The summed E-state index contributed by atoms with van der Waals surface area (Å²) in [4.78, 5) is 29.2. The minimum Gasteiger partial charge on any atom is -0.377 e. The molecule has 1 unspecified atom stereocenters. The molecule has 3 aliphatic rings. The molecule has 5 rings (SSSR count). The van der Waals surface area contributed by atoms with E-state index in [0.29, 0.717) is 17.6 Å². The van der Waals surface area contributed by atoms with Gasteiger partial charge in [0.25, 0.3) is 5.91 Å². The van der Waals surface area contributed by atoms with Crippen molar-refractivity contribution in [3.63, 3.8) is 0 Å². The van der Waals surface area contributed by atoms with Gasteiger partial charge in [-0.15, -0.1) is 0 Å². The zero-order valence-corrected chi connectivity index (χ0v) is 22.8. The van der Waals surface area contributed by atoms with Crippen LogP contribution in [-0.4, -0.2) is 82.0 Å². The molecule has 2 aliphatic heterocycles. The number of rotatable bonds is 4. The third-order valence-electron chi connectivity index (χ3n) is 9.08. The van der Waals surface area contributed by atoms with Crippen molar-refractivity contribution >= 4 is 5.91 Å². The lowest BCUT2D eigenvalue weighted by Crippen LogP contribution is -2.62. The maximum Gasteiger partial charge on any atom is 0.257 e. The van der Waals surface area contributed by atoms with Gasteiger partial charge in [0, 0.05) is 57.5 Å². The van der Waals surface area contributed by atoms with E-state index in [1.165, 1.54) is 23.0 Å². The van der Waals surface area contributed by atoms with Crippen LogP contribution < -0.4 is 0 Å². The number of hydrogen-bond acceptors (Lipinski definition) is 6. The van der Waals surface area contributed by atoms with Crippen LogP contribution in [-0.2, 0) is 4.74 Å². The maximum absolute atomic E-state index is 13.3. The lowest BCUT2D eigenvalue weighted by atomic mass is 9.86. The molecular weight excluding hydrogens is 450 g/mol. The summed E-state index contributed by atoms with van der Waals surface area (Å²) in [6.45, 7) is 15.5. The van der Waals surface area contributed by atoms with Crippen LogP contribution in [0.1, 0.15) is 83.7 Å². The van der Waals surface area contributed by atoms with E-state index in [1.54, 1.807) is 0 Å². The third kappa shape index (κ3) is 4.46. The number of amides is 1. The average molecular weight is 492 g/mol. The molecule has 2 fully saturated rings. The number of benzene rings is 1. The van der Waals surface area contributed by atoms with Crippen LogP contribution in [0.25, 0.3) is 0 Å². The van der Waals surface area contributed by atoms with Gasteiger partial charge in [-0.05, 0) is 65.0 Å². The summed E-state index contributed by atoms with van der Waals surface area (Å²) in [6, 6.07) is 7.77. The summed E-state index contributed by atoms with van der Waals surface area (Å²) < 4.78 is 5.88. The minimum atomic E-state index is 0.0775. The number of ether oxygens (including phenoxy) is 1. The number of likely N-dealkylation sites (tertiary alicyclic amines) is 1. The predicted molar refractivity (Wildman–Crippen MR) is 141 cm³/mol. The topological polar surface area (TPSA) is 61.8 Å². The summed E-state index contributed by atoms with van der Waals surface area (Å²) in [5, 5.41) is 0. The molecule has 2 aromatic rings. The zero-order valence-electron chi connectivity index (χ0n) is 22.8. The Kier molecular flexibility index (Phi) is 6.92. The fraction of sp³-hybridized carbons (Fsp3) is 0.621. The van der Waals surface area contributed by atoms with E-state index in [4.69, 9.17) is 4.74 Å². The quantitative estimate of drug-likeness (QED) is 0.638. The first-order valence-corrected chi connectivity index (χ1v) is 13.4. The SMILES string of the molecule is CO[C@H]1CC(N2CCN(C3(C)CCN(C(=O)c4c(C)ncnc4C)CC3)C[C@@H]2C)c2ccc(C)cc21. The van der Waals surface area contributed by atoms with Gasteiger partial charge in [-0.3, -0.25) is 14.6 Å². The molecule has 0 radical (unpaired) electrons. The highest BCUT2D eigenvalue weighted by Gasteiger charge is 2.43. The van der Waals surface area contributed by atoms with Gasteiger partial charge in [0.15, 0.2) is 0 Å². The Labute approximate surface area is 215 Å². The Morgan fingerprint density at radius 1 is 1.03 bits per heavy atom. The fourth-order valence-corrected chi connectivity index (χ4v) is 6.76. The van der Waals surface area contributed by atoms with Gasteiger partial charge in [0.05, 0.1) is 23.1 Å². The Hall–Kier alpha value is -2.35. The summed E-state index contributed by atoms with van der Waals surface area (Å²) in [5.74, 6) is 0.0775. The summed E-state index contributed by atoms with van der Waals surface area (Å²) in [6.07, 6.45) is 4.76. The molecule has 194 valence electrons. The van der Waals surface area contributed by atoms with Crippen molar-refractivity contribution in [3.05, 3.63) is 58.2 Å². The van der Waals surface area contributed by atoms with Crippen molar-refractivity contribution in [1.82, 2.24) is 24.7 Å². The second-order valence-electron chi connectivity index (χ2n) is 11.3. The Morgan fingerprint density at radius 3 is 2.36 bits per heavy atom. The Morgan fingerprint density at radius 2 is 1.72 bits per heavy atom. The predicted octanol–water partition coefficient (Wildman–Crippen LogP) is 4.24. The summed E-state index contributed by atoms with van der Waals surface area (Å²) >= 11 is 0. The summed E-state index contributed by atoms with van der Waals surface area (Å²) in [7, 11) is 1.84. The van der Waals surface area contributed by atoms with E-state index in [-0.39, 0.29) is 17.6 Å². The molecule has 3 heterocycles. The van der Waals surface area contributed by atoms with E-state index in [9.17, 15) is 4.79 Å². The number of piperidine rings is 1. The van der Waals surface area contributed by atoms with Crippen LogP contribution in [0.3, 0.4) is 0 Å². The van der Waals surface area contributed by atoms with Gasteiger partial charge < -0.3 is 9.64 Å². The van der Waals surface area contributed by atoms with Crippen molar-refractivity contribution < 1.29 is 9.53 Å². The zero-order chi connectivity index (χ0) is 25.6. The number of fused-ring (bicyclic) bond motifs is 1. The number of carbonyl (C=O) groups excluding carboxylic acids is 1. The number of methoxy groups -OCH3 is 1. The molecule has 1 amide bonds. The molecular formula is C29H41N5O2. The number of aryl methyl sites for hydroxylation is 3. The number of hydrogen-bond donors (Lipinski definition) is 0. The highest BCUT2D eigenvalue weighted by atomic mass is 16.5. The largest absolute Gasteiger partial charge is 0.377 e. The number of piperazine rings is 1. The summed E-state index contributed by atoms with van der Waals surface area (Å²) in [5.41, 5.74) is 6.45. The second kappa shape index (κ2) is 9.84. The molecule has 0 N–H and O–H groups in total. The molecule has 1 aromatic carbocycles. The highest BCUT2D eigenvalue weighted by Crippen LogP contribution is 2.46. The van der Waals surface area contributed by atoms with Crippen molar-refractivity contribution in [2.24, 2.45) is 0 Å². The maximum atomic E-state index is 13.3. The van der Waals surface area contributed by atoms with E-state index < -0.39 is 0 Å². The molecule has 1 aliphatic carbocycles. The van der Waals surface area contributed by atoms with Crippen molar-refractivity contribution in [1.29, 1.82) is 0 Å². The lowest BCUT2D eigenvalue weighted by Gasteiger charge is -2.52. The normalized spacial score (nSPS) is 26.7. The van der Waals surface area contributed by atoms with Crippen molar-refractivity contribution in [2.75, 3.05) is 39.8 Å². The van der Waals surface area contributed by atoms with Crippen LogP contribution in [0.5, 0.6) is 0 Å². The number of carbonyl (C=O) groups is 1. The first-order chi connectivity index (χ1) is 17.2. The highest BCUT2D eigenvalue weighted by molar-refractivity contribution is 5.96. The average Bonchev–Trinajstić information content (AvgIpc) is 3.21. The van der Waals surface area contributed by atoms with Crippen molar-refractivity contribution in [3.8, 4) is 0 Å². The molecule has 36 heavy (non-hydrogen) atoms. The van der Waals surface area contributed by atoms with Crippen molar-refractivity contribution in [2.45, 2.75) is 77.6 Å². The Balaban J connectivity index is 1.23. The third-order valence-corrected chi connectivity index (χ3v) is 9.08. The standard InChI is InChI=1S/C29H41N5O2/c1-19-7-8-23-24(15-19)26(36-6)16-25(23)34-14-13-33(17-20(34)2)29(5)9-11-32(12-10-29)28(35)27-21(3)30-18-31-22(27)4/h7-8,15,18,20,25-26H,9-14,16-17H2,1-6H3/t20-,25?,26-/m0/s1. The fourth-order valence-electron chi connectivity index (χ4n) is 6.76. The molecule has 0 spiro atoms. The molecule has 3 atom stereocenters. The molecule has 7 nitrogen and oxygen atoms in total. The van der Waals surface area contributed by atoms with Gasteiger partial charge in [0.2, 0.25) is 0 Å². The molecule has 2 saturated heterocycles. The monoisotopic (exact) mass is 491 g/mol. The molecule has 0 bridgehead atoms. The van der Waals surface area contributed by atoms with Crippen LogP contribution in [0.15, 0.2) is 24.5 Å². The van der Waals surface area contributed by atoms with E-state index in [0.717, 1.165) is 63.4 Å². The van der Waals surface area contributed by atoms with Gasteiger partial charge >= 0.3 is 0 Å². The number of nitrogens with zero attached hydrogens (tertiary/aromatic N) is 5. The van der Waals surface area contributed by atoms with Gasteiger partial charge in [-0.25, -0.2) is 9.97 Å². The van der Waals surface area contributed by atoms with Gasteiger partial charge in [-0.1, -0.05) is 23.8 Å². The van der Waals surface area contributed by atoms with Gasteiger partial charge in [0.1, 0.15) is 6.33 Å². The van der Waals surface area contributed by atoms with Crippen LogP contribution in [0.4, 0.5) is 0 Å². The van der Waals surface area contributed by atoms with E-state index in [1.807, 2.05) is 25.9 Å². The molecule has 1 aromatic heterocycles. The smallest absolute Gasteiger partial charge is 0.257 e. The first-order valence-electron chi connectivity index (χ1n) is 13.4. The van der Waals surface area contributed by atoms with Gasteiger partial charge in [-0.2, -0.15) is 0 Å². The molecule has 0 saturated carbocycles. The Bertz CT molecular complexity index is 1110. The van der Waals surface area contributed by atoms with Crippen LogP contribution >= 0.6 is 0 Å². The number of aromatic nitrogens is 2. The minimum absolute atomic E-state index is 0.0775. The first kappa shape index (κ1) is 25.3.